The molecule has 0 saturated heterocycles. The second kappa shape index (κ2) is 4.75. The van der Waals surface area contributed by atoms with Gasteiger partial charge >= 0.3 is 0 Å². The molecule has 12 unspecified atom stereocenters. The molecule has 0 amide bonds. The highest BCUT2D eigenvalue weighted by atomic mass is 14.8. The van der Waals surface area contributed by atoms with Crippen molar-refractivity contribution in [1.29, 1.82) is 0 Å². The number of hydrogen-bond acceptors (Lipinski definition) is 0. The summed E-state index contributed by atoms with van der Waals surface area (Å²) in [5.41, 5.74) is 0. The van der Waals surface area contributed by atoms with Crippen molar-refractivity contribution in [3.8, 4) is 0 Å². The van der Waals surface area contributed by atoms with E-state index in [1.54, 1.807) is 0 Å². The summed E-state index contributed by atoms with van der Waals surface area (Å²) in [7, 11) is 0. The van der Waals surface area contributed by atoms with Crippen LogP contribution in [0, 0.1) is 71.0 Å². The van der Waals surface area contributed by atoms with Gasteiger partial charge in [0.05, 0.1) is 0 Å². The fourth-order valence-corrected chi connectivity index (χ4v) is 8.95. The zero-order valence-electron chi connectivity index (χ0n) is 15.0. The highest BCUT2D eigenvalue weighted by molar-refractivity contribution is 5.20. The second-order valence-electron chi connectivity index (χ2n) is 9.26. The predicted octanol–water partition coefficient (Wildman–Crippen LogP) is 5.72. The Labute approximate surface area is 132 Å². The van der Waals surface area contributed by atoms with Crippen molar-refractivity contribution in [3.05, 3.63) is 0 Å². The van der Waals surface area contributed by atoms with Crippen molar-refractivity contribution >= 4 is 0 Å². The molecule has 4 saturated carbocycles. The molecule has 120 valence electrons. The van der Waals surface area contributed by atoms with Gasteiger partial charge in [-0.2, -0.15) is 0 Å². The first-order chi connectivity index (χ1) is 10.1. The molecule has 0 aromatic carbocycles. The highest BCUT2D eigenvalue weighted by Crippen LogP contribution is 2.77. The maximum absolute atomic E-state index is 2.64. The number of rotatable bonds is 3. The van der Waals surface area contributed by atoms with Gasteiger partial charge in [-0.15, -0.1) is 0 Å². The molecule has 0 heteroatoms. The third kappa shape index (κ3) is 1.49. The van der Waals surface area contributed by atoms with Crippen LogP contribution in [0.4, 0.5) is 0 Å². The fourth-order valence-electron chi connectivity index (χ4n) is 8.95. The van der Waals surface area contributed by atoms with Crippen molar-refractivity contribution in [3.63, 3.8) is 0 Å². The van der Waals surface area contributed by atoms with Gasteiger partial charge in [-0.25, -0.2) is 0 Å². The van der Waals surface area contributed by atoms with E-state index in [4.69, 9.17) is 0 Å². The fraction of sp³-hybridized carbons (Fsp3) is 1.00. The smallest absolute Gasteiger partial charge is 0.0312 e. The average molecular weight is 289 g/mol. The Hall–Kier alpha value is 0. The van der Waals surface area contributed by atoms with Crippen LogP contribution in [0.2, 0.25) is 0 Å². The Bertz CT molecular complexity index is 412. The van der Waals surface area contributed by atoms with Gasteiger partial charge < -0.3 is 0 Å². The predicted molar refractivity (Wildman–Crippen MR) is 89.8 cm³/mol. The van der Waals surface area contributed by atoms with Gasteiger partial charge in [0.1, 0.15) is 0 Å². The van der Waals surface area contributed by atoms with E-state index in [0.717, 1.165) is 71.0 Å². The van der Waals surface area contributed by atoms with Crippen LogP contribution in [0.3, 0.4) is 0 Å². The third-order valence-corrected chi connectivity index (χ3v) is 9.44. The SMILES string of the molecule is CCC1C(C)C2C(C)C(C)C3C4C(CC)C(CC)C1C4C23. The molecule has 0 N–H and O–H groups in total. The van der Waals surface area contributed by atoms with Crippen molar-refractivity contribution in [2.24, 2.45) is 71.0 Å². The molecule has 12 atom stereocenters. The average Bonchev–Trinajstić information content (AvgIpc) is 2.87. The summed E-state index contributed by atoms with van der Waals surface area (Å²) in [6.07, 6.45) is 4.35. The Balaban J connectivity index is 1.79. The van der Waals surface area contributed by atoms with Crippen molar-refractivity contribution in [2.75, 3.05) is 0 Å². The first-order valence-electron chi connectivity index (χ1n) is 10.1. The zero-order valence-corrected chi connectivity index (χ0v) is 15.0. The van der Waals surface area contributed by atoms with Crippen LogP contribution >= 0.6 is 0 Å². The number of hydrogen-bond donors (Lipinski definition) is 0. The van der Waals surface area contributed by atoms with E-state index < -0.39 is 0 Å². The van der Waals surface area contributed by atoms with Gasteiger partial charge in [-0.3, -0.25) is 0 Å². The van der Waals surface area contributed by atoms with Crippen LogP contribution in [0.25, 0.3) is 0 Å². The lowest BCUT2D eigenvalue weighted by Crippen LogP contribution is -2.55. The molecule has 0 aromatic rings. The molecule has 0 nitrogen and oxygen atoms in total. The minimum Gasteiger partial charge on any atom is -0.0651 e. The molecular formula is C21H36. The molecule has 0 radical (unpaired) electrons. The molecule has 0 spiro atoms. The molecule has 0 bridgehead atoms. The maximum atomic E-state index is 2.64. The Morgan fingerprint density at radius 2 is 0.905 bits per heavy atom. The van der Waals surface area contributed by atoms with E-state index in [-0.39, 0.29) is 0 Å². The summed E-state index contributed by atoms with van der Waals surface area (Å²) >= 11 is 0. The quantitative estimate of drug-likeness (QED) is 0.622. The molecule has 21 heavy (non-hydrogen) atoms. The lowest BCUT2D eigenvalue weighted by Gasteiger charge is -2.59. The Kier molecular flexibility index (Phi) is 3.30. The summed E-state index contributed by atoms with van der Waals surface area (Å²) in [5.74, 6) is 12.8. The van der Waals surface area contributed by atoms with Crippen molar-refractivity contribution in [1.82, 2.24) is 0 Å². The maximum Gasteiger partial charge on any atom is -0.0312 e. The first kappa shape index (κ1) is 14.6. The van der Waals surface area contributed by atoms with Crippen LogP contribution < -0.4 is 0 Å². The van der Waals surface area contributed by atoms with Gasteiger partial charge in [0.25, 0.3) is 0 Å². The lowest BCUT2D eigenvalue weighted by molar-refractivity contribution is -0.117. The van der Waals surface area contributed by atoms with Crippen LogP contribution in [-0.4, -0.2) is 0 Å². The molecule has 4 aliphatic rings. The van der Waals surface area contributed by atoms with E-state index in [1.807, 2.05) is 0 Å². The molecule has 0 aliphatic heterocycles. The summed E-state index contributed by atoms with van der Waals surface area (Å²) in [4.78, 5) is 0. The molecule has 0 heterocycles. The van der Waals surface area contributed by atoms with E-state index in [1.165, 1.54) is 19.3 Å². The van der Waals surface area contributed by atoms with Gasteiger partial charge in [0, 0.05) is 0 Å². The Morgan fingerprint density at radius 1 is 0.429 bits per heavy atom. The summed E-state index contributed by atoms with van der Waals surface area (Å²) < 4.78 is 0. The van der Waals surface area contributed by atoms with E-state index in [0.29, 0.717) is 0 Å². The van der Waals surface area contributed by atoms with Gasteiger partial charge in [0.2, 0.25) is 0 Å². The minimum absolute atomic E-state index is 0.994. The largest absolute Gasteiger partial charge is 0.0651 e. The van der Waals surface area contributed by atoms with Gasteiger partial charge in [0.15, 0.2) is 0 Å². The first-order valence-corrected chi connectivity index (χ1v) is 10.1. The monoisotopic (exact) mass is 288 g/mol. The standard InChI is InChI=1S/C21H36/c1-7-13-12(6)16-10(4)11(5)17-19-15(9-3)14(8-2)18(13)21(19)20(16)17/h10-21H,7-9H2,1-6H3. The zero-order chi connectivity index (χ0) is 15.0. The van der Waals surface area contributed by atoms with Crippen LogP contribution in [-0.2, 0) is 0 Å². The van der Waals surface area contributed by atoms with Crippen LogP contribution in [0.15, 0.2) is 0 Å². The summed E-state index contributed by atoms with van der Waals surface area (Å²) in [5, 5.41) is 0. The summed E-state index contributed by atoms with van der Waals surface area (Å²) in [6, 6.07) is 0. The van der Waals surface area contributed by atoms with Gasteiger partial charge in [-0.05, 0) is 71.0 Å². The molecular weight excluding hydrogens is 252 g/mol. The molecule has 0 aromatic heterocycles. The normalized spacial score (nSPS) is 64.3. The number of fused-ring (bicyclic) bond motifs is 1. The van der Waals surface area contributed by atoms with Crippen molar-refractivity contribution in [2.45, 2.75) is 60.8 Å². The summed E-state index contributed by atoms with van der Waals surface area (Å²) in [6.45, 7) is 15.3. The van der Waals surface area contributed by atoms with E-state index in [2.05, 4.69) is 41.5 Å². The van der Waals surface area contributed by atoms with E-state index >= 15 is 0 Å². The highest BCUT2D eigenvalue weighted by Gasteiger charge is 2.73. The molecule has 4 aliphatic carbocycles. The van der Waals surface area contributed by atoms with Crippen LogP contribution in [0.1, 0.15) is 60.8 Å². The van der Waals surface area contributed by atoms with Gasteiger partial charge in [-0.1, -0.05) is 60.8 Å². The lowest BCUT2D eigenvalue weighted by atomic mass is 9.46. The van der Waals surface area contributed by atoms with E-state index in [9.17, 15) is 0 Å². The third-order valence-electron chi connectivity index (χ3n) is 9.44. The topological polar surface area (TPSA) is 0 Å². The van der Waals surface area contributed by atoms with Crippen LogP contribution in [0.5, 0.6) is 0 Å². The van der Waals surface area contributed by atoms with Crippen molar-refractivity contribution < 1.29 is 0 Å². The molecule has 4 fully saturated rings. The second-order valence-corrected chi connectivity index (χ2v) is 9.26. The minimum atomic E-state index is 0.994. The Morgan fingerprint density at radius 3 is 1.48 bits per heavy atom. The molecule has 4 rings (SSSR count).